The molecular formula is C21H26F3N5O. The molecule has 0 saturated carbocycles. The van der Waals surface area contributed by atoms with E-state index in [1.54, 1.807) is 9.80 Å². The minimum atomic E-state index is -4.46. The molecule has 162 valence electrons. The molecule has 1 saturated heterocycles. The normalized spacial score (nSPS) is 16.5. The van der Waals surface area contributed by atoms with E-state index in [0.29, 0.717) is 37.8 Å². The standard InChI is InChI=1S/C21H26F3N5O/c1-3-15(2)16-6-8-17(9-7-16)26-20(27-30)29-13-11-28(12-14-29)19-18(21(22,23)24)5-4-10-25-19/h4-10,15,30H,3,11-14H2,1-2H3,(H,26,27). The van der Waals surface area contributed by atoms with Crippen LogP contribution in [0.3, 0.4) is 0 Å². The summed E-state index contributed by atoms with van der Waals surface area (Å²) in [6.45, 7) is 5.73. The predicted molar refractivity (Wildman–Crippen MR) is 110 cm³/mol. The Morgan fingerprint density at radius 2 is 1.83 bits per heavy atom. The lowest BCUT2D eigenvalue weighted by Crippen LogP contribution is -2.52. The highest BCUT2D eigenvalue weighted by Gasteiger charge is 2.36. The molecule has 0 bridgehead atoms. The Kier molecular flexibility index (Phi) is 6.81. The van der Waals surface area contributed by atoms with Crippen molar-refractivity contribution in [3.8, 4) is 0 Å². The molecule has 6 nitrogen and oxygen atoms in total. The lowest BCUT2D eigenvalue weighted by atomic mass is 9.99. The van der Waals surface area contributed by atoms with Gasteiger partial charge >= 0.3 is 6.18 Å². The van der Waals surface area contributed by atoms with Crippen LogP contribution in [-0.4, -0.2) is 47.2 Å². The van der Waals surface area contributed by atoms with Crippen molar-refractivity contribution in [3.63, 3.8) is 0 Å². The fourth-order valence-corrected chi connectivity index (χ4v) is 3.40. The van der Waals surface area contributed by atoms with E-state index in [1.807, 2.05) is 24.3 Å². The summed E-state index contributed by atoms with van der Waals surface area (Å²) in [5.74, 6) is 0.656. The van der Waals surface area contributed by atoms with Gasteiger partial charge in [0.1, 0.15) is 5.82 Å². The zero-order valence-corrected chi connectivity index (χ0v) is 17.0. The first-order chi connectivity index (χ1) is 14.3. The molecule has 0 spiro atoms. The van der Waals surface area contributed by atoms with Gasteiger partial charge in [0.05, 0.1) is 11.3 Å². The van der Waals surface area contributed by atoms with Crippen LogP contribution in [0.15, 0.2) is 47.6 Å². The number of pyridine rings is 1. The number of anilines is 1. The molecule has 9 heteroatoms. The topological polar surface area (TPSA) is 64.0 Å². The van der Waals surface area contributed by atoms with E-state index < -0.39 is 11.7 Å². The van der Waals surface area contributed by atoms with Crippen LogP contribution in [0.1, 0.15) is 37.3 Å². The Labute approximate surface area is 174 Å². The van der Waals surface area contributed by atoms with Gasteiger partial charge in [-0.05, 0) is 42.2 Å². The summed E-state index contributed by atoms with van der Waals surface area (Å²) in [5, 5.41) is 9.56. The number of aromatic nitrogens is 1. The molecule has 0 aliphatic carbocycles. The maximum atomic E-state index is 13.3. The fraction of sp³-hybridized carbons (Fsp3) is 0.429. The van der Waals surface area contributed by atoms with Gasteiger partial charge in [0, 0.05) is 32.4 Å². The number of rotatable bonds is 4. The number of guanidine groups is 1. The molecule has 3 rings (SSSR count). The van der Waals surface area contributed by atoms with Crippen LogP contribution in [0.4, 0.5) is 24.7 Å². The summed E-state index contributed by atoms with van der Waals surface area (Å²) < 4.78 is 39.8. The van der Waals surface area contributed by atoms with Crippen LogP contribution < -0.4 is 10.4 Å². The van der Waals surface area contributed by atoms with Crippen LogP contribution >= 0.6 is 0 Å². The number of piperazine rings is 1. The Hall–Kier alpha value is -2.81. The quantitative estimate of drug-likeness (QED) is 0.435. The highest BCUT2D eigenvalue weighted by molar-refractivity contribution is 5.82. The van der Waals surface area contributed by atoms with E-state index >= 15 is 0 Å². The Bertz CT molecular complexity index is 862. The van der Waals surface area contributed by atoms with Gasteiger partial charge in [-0.25, -0.2) is 15.5 Å². The molecule has 0 amide bonds. The summed E-state index contributed by atoms with van der Waals surface area (Å²) >= 11 is 0. The average molecular weight is 421 g/mol. The van der Waals surface area contributed by atoms with E-state index in [0.717, 1.165) is 12.5 Å². The third-order valence-corrected chi connectivity index (χ3v) is 5.38. The van der Waals surface area contributed by atoms with Gasteiger partial charge in [-0.15, -0.1) is 0 Å². The largest absolute Gasteiger partial charge is 0.419 e. The molecule has 30 heavy (non-hydrogen) atoms. The second-order valence-electron chi connectivity index (χ2n) is 7.29. The Morgan fingerprint density at radius 3 is 2.40 bits per heavy atom. The van der Waals surface area contributed by atoms with Crippen molar-refractivity contribution < 1.29 is 18.4 Å². The van der Waals surface area contributed by atoms with Crippen LogP contribution in [-0.2, 0) is 6.18 Å². The third kappa shape index (κ3) is 5.02. The Balaban J connectivity index is 1.70. The second-order valence-corrected chi connectivity index (χ2v) is 7.29. The number of nitrogens with one attached hydrogen (secondary N) is 1. The number of halogens is 3. The number of hydrogen-bond acceptors (Lipinski definition) is 4. The molecule has 1 aromatic heterocycles. The van der Waals surface area contributed by atoms with Gasteiger partial charge in [-0.1, -0.05) is 26.0 Å². The van der Waals surface area contributed by atoms with Crippen LogP contribution in [0.25, 0.3) is 0 Å². The van der Waals surface area contributed by atoms with Crippen molar-refractivity contribution in [3.05, 3.63) is 53.7 Å². The van der Waals surface area contributed by atoms with Gasteiger partial charge in [0.2, 0.25) is 5.96 Å². The molecular weight excluding hydrogens is 395 g/mol. The van der Waals surface area contributed by atoms with E-state index in [-0.39, 0.29) is 11.8 Å². The van der Waals surface area contributed by atoms with Gasteiger partial charge in [0.15, 0.2) is 0 Å². The first kappa shape index (κ1) is 21.9. The fourth-order valence-electron chi connectivity index (χ4n) is 3.40. The van der Waals surface area contributed by atoms with E-state index in [9.17, 15) is 18.4 Å². The zero-order chi connectivity index (χ0) is 21.7. The van der Waals surface area contributed by atoms with Crippen LogP contribution in [0, 0.1) is 0 Å². The van der Waals surface area contributed by atoms with E-state index in [2.05, 4.69) is 29.3 Å². The minimum absolute atomic E-state index is 0.0688. The second kappa shape index (κ2) is 9.34. The number of hydroxylamine groups is 1. The number of aliphatic imine (C=N–C) groups is 1. The smallest absolute Gasteiger partial charge is 0.353 e. The Morgan fingerprint density at radius 1 is 1.17 bits per heavy atom. The highest BCUT2D eigenvalue weighted by Crippen LogP contribution is 2.35. The molecule has 1 atom stereocenters. The number of hydrogen-bond donors (Lipinski definition) is 2. The van der Waals surface area contributed by atoms with Crippen LogP contribution in [0.2, 0.25) is 0 Å². The average Bonchev–Trinajstić information content (AvgIpc) is 2.77. The molecule has 1 aliphatic heterocycles. The summed E-state index contributed by atoms with van der Waals surface area (Å²) in [7, 11) is 0. The monoisotopic (exact) mass is 421 g/mol. The molecule has 1 fully saturated rings. The molecule has 1 aromatic carbocycles. The minimum Gasteiger partial charge on any atom is -0.353 e. The van der Waals surface area contributed by atoms with Crippen molar-refractivity contribution in [1.29, 1.82) is 0 Å². The first-order valence-corrected chi connectivity index (χ1v) is 9.94. The lowest BCUT2D eigenvalue weighted by molar-refractivity contribution is -0.137. The van der Waals surface area contributed by atoms with E-state index in [1.165, 1.54) is 17.8 Å². The van der Waals surface area contributed by atoms with Crippen molar-refractivity contribution in [2.24, 2.45) is 4.99 Å². The van der Waals surface area contributed by atoms with Gasteiger partial charge < -0.3 is 9.80 Å². The molecule has 2 heterocycles. The molecule has 2 aromatic rings. The van der Waals surface area contributed by atoms with Crippen molar-refractivity contribution in [1.82, 2.24) is 15.4 Å². The molecule has 1 aliphatic rings. The predicted octanol–water partition coefficient (Wildman–Crippen LogP) is 4.40. The first-order valence-electron chi connectivity index (χ1n) is 9.94. The molecule has 0 radical (unpaired) electrons. The zero-order valence-electron chi connectivity index (χ0n) is 17.0. The highest BCUT2D eigenvalue weighted by atomic mass is 19.4. The number of nitrogens with zero attached hydrogens (tertiary/aromatic N) is 4. The number of benzene rings is 1. The van der Waals surface area contributed by atoms with Crippen molar-refractivity contribution >= 4 is 17.5 Å². The van der Waals surface area contributed by atoms with Gasteiger partial charge in [0.25, 0.3) is 0 Å². The van der Waals surface area contributed by atoms with Crippen molar-refractivity contribution in [2.45, 2.75) is 32.4 Å². The molecule has 1 unspecified atom stereocenters. The lowest BCUT2D eigenvalue weighted by Gasteiger charge is -2.37. The number of alkyl halides is 3. The summed E-state index contributed by atoms with van der Waals surface area (Å²) in [4.78, 5) is 11.8. The SMILES string of the molecule is CCC(C)c1ccc(N=C(NO)N2CCN(c3ncccc3C(F)(F)F)CC2)cc1. The van der Waals surface area contributed by atoms with Gasteiger partial charge in [-0.2, -0.15) is 13.2 Å². The summed E-state index contributed by atoms with van der Waals surface area (Å²) in [6.07, 6.45) is -2.05. The molecule has 2 N–H and O–H groups in total. The van der Waals surface area contributed by atoms with Crippen LogP contribution in [0.5, 0.6) is 0 Å². The van der Waals surface area contributed by atoms with E-state index in [4.69, 9.17) is 0 Å². The maximum Gasteiger partial charge on any atom is 0.419 e. The summed E-state index contributed by atoms with van der Waals surface area (Å²) in [6, 6.07) is 10.1. The van der Waals surface area contributed by atoms with Gasteiger partial charge in [-0.3, -0.25) is 5.21 Å². The van der Waals surface area contributed by atoms with Crippen molar-refractivity contribution in [2.75, 3.05) is 31.1 Å². The third-order valence-electron chi connectivity index (χ3n) is 5.38. The maximum absolute atomic E-state index is 13.3. The summed E-state index contributed by atoms with van der Waals surface area (Å²) in [5.41, 5.74) is 3.29.